The van der Waals surface area contributed by atoms with Gasteiger partial charge in [0, 0.05) is 30.1 Å². The van der Waals surface area contributed by atoms with E-state index in [1.54, 1.807) is 24.4 Å². The normalized spacial score (nSPS) is 11.6. The third kappa shape index (κ3) is 2.88. The Morgan fingerprint density at radius 3 is 2.75 bits per heavy atom. The molecule has 0 bridgehead atoms. The number of hydrogen-bond acceptors (Lipinski definition) is 4. The Bertz CT molecular complexity index is 633. The number of carboxylic acids is 1. The quantitative estimate of drug-likeness (QED) is 0.779. The van der Waals surface area contributed by atoms with Crippen LogP contribution < -0.4 is 5.32 Å². The minimum Gasteiger partial charge on any atom is -0.478 e. The second-order valence-corrected chi connectivity index (χ2v) is 5.54. The first-order chi connectivity index (χ1) is 9.44. The highest BCUT2D eigenvalue weighted by Crippen LogP contribution is 2.26. The van der Waals surface area contributed by atoms with Gasteiger partial charge < -0.3 is 15.5 Å². The molecular formula is C15H18N2O3. The van der Waals surface area contributed by atoms with Crippen molar-refractivity contribution in [3.63, 3.8) is 0 Å². The van der Waals surface area contributed by atoms with Crippen LogP contribution in [-0.4, -0.2) is 34.3 Å². The van der Waals surface area contributed by atoms with Crippen molar-refractivity contribution in [2.24, 2.45) is 5.41 Å². The predicted molar refractivity (Wildman–Crippen MR) is 78.1 cm³/mol. The van der Waals surface area contributed by atoms with Crippen LogP contribution in [0.15, 0.2) is 30.5 Å². The lowest BCUT2D eigenvalue weighted by atomic mass is 9.95. The van der Waals surface area contributed by atoms with E-state index < -0.39 is 5.97 Å². The zero-order valence-corrected chi connectivity index (χ0v) is 11.6. The summed E-state index contributed by atoms with van der Waals surface area (Å²) in [5.74, 6) is -0.449. The van der Waals surface area contributed by atoms with E-state index in [9.17, 15) is 15.0 Å². The van der Waals surface area contributed by atoms with E-state index >= 15 is 0 Å². The number of aliphatic hydroxyl groups is 1. The van der Waals surface area contributed by atoms with Crippen LogP contribution in [0.3, 0.4) is 0 Å². The van der Waals surface area contributed by atoms with Gasteiger partial charge >= 0.3 is 5.97 Å². The third-order valence-corrected chi connectivity index (χ3v) is 3.18. The molecule has 1 aromatic carbocycles. The van der Waals surface area contributed by atoms with Crippen LogP contribution in [0.25, 0.3) is 10.8 Å². The maximum Gasteiger partial charge on any atom is 0.336 e. The molecule has 0 fully saturated rings. The largest absolute Gasteiger partial charge is 0.478 e. The molecule has 0 saturated carbocycles. The van der Waals surface area contributed by atoms with Gasteiger partial charge in [-0.25, -0.2) is 9.78 Å². The average Bonchev–Trinajstić information content (AvgIpc) is 2.44. The van der Waals surface area contributed by atoms with Gasteiger partial charge in [-0.15, -0.1) is 0 Å². The van der Waals surface area contributed by atoms with Gasteiger partial charge in [0.15, 0.2) is 0 Å². The monoisotopic (exact) mass is 274 g/mol. The summed E-state index contributed by atoms with van der Waals surface area (Å²) in [7, 11) is 0. The first-order valence-corrected chi connectivity index (χ1v) is 6.40. The van der Waals surface area contributed by atoms with Crippen LogP contribution in [0.5, 0.6) is 0 Å². The summed E-state index contributed by atoms with van der Waals surface area (Å²) in [6, 6.07) is 6.91. The molecular weight excluding hydrogens is 256 g/mol. The van der Waals surface area contributed by atoms with Gasteiger partial charge in [-0.2, -0.15) is 0 Å². The van der Waals surface area contributed by atoms with Gasteiger partial charge in [-0.1, -0.05) is 26.0 Å². The van der Waals surface area contributed by atoms with Crippen molar-refractivity contribution in [1.82, 2.24) is 4.98 Å². The number of pyridine rings is 1. The molecule has 0 amide bonds. The zero-order valence-electron chi connectivity index (χ0n) is 11.6. The Hall–Kier alpha value is -2.14. The van der Waals surface area contributed by atoms with Crippen LogP contribution in [-0.2, 0) is 0 Å². The zero-order chi connectivity index (χ0) is 14.8. The molecule has 106 valence electrons. The fourth-order valence-electron chi connectivity index (χ4n) is 1.92. The second kappa shape index (κ2) is 5.46. The number of aliphatic hydroxyl groups excluding tert-OH is 1. The first kappa shape index (κ1) is 14.3. The SMILES string of the molecule is CC(C)(CO)CNc1nccc2cccc(C(=O)O)c12. The minimum atomic E-state index is -0.979. The predicted octanol–water partition coefficient (Wildman–Crippen LogP) is 2.36. The van der Waals surface area contributed by atoms with Crippen molar-refractivity contribution in [3.05, 3.63) is 36.0 Å². The van der Waals surface area contributed by atoms with Crippen LogP contribution in [0.4, 0.5) is 5.82 Å². The van der Waals surface area contributed by atoms with Crippen LogP contribution >= 0.6 is 0 Å². The fourth-order valence-corrected chi connectivity index (χ4v) is 1.92. The molecule has 0 saturated heterocycles. The summed E-state index contributed by atoms with van der Waals surface area (Å²) in [6.07, 6.45) is 1.64. The maximum absolute atomic E-state index is 11.3. The standard InChI is InChI=1S/C15H18N2O3/c1-15(2,9-18)8-17-13-12-10(6-7-16-13)4-3-5-11(12)14(19)20/h3-7,18H,8-9H2,1-2H3,(H,16,17)(H,19,20). The molecule has 0 unspecified atom stereocenters. The number of carbonyl (C=O) groups is 1. The molecule has 2 rings (SSSR count). The van der Waals surface area contributed by atoms with Crippen molar-refractivity contribution >= 4 is 22.6 Å². The van der Waals surface area contributed by atoms with Crippen molar-refractivity contribution in [2.75, 3.05) is 18.5 Å². The lowest BCUT2D eigenvalue weighted by molar-refractivity contribution is 0.0699. The van der Waals surface area contributed by atoms with E-state index in [0.29, 0.717) is 17.7 Å². The van der Waals surface area contributed by atoms with Crippen molar-refractivity contribution in [2.45, 2.75) is 13.8 Å². The minimum absolute atomic E-state index is 0.0382. The molecule has 0 aliphatic carbocycles. The Morgan fingerprint density at radius 1 is 1.35 bits per heavy atom. The number of aromatic carboxylic acids is 1. The van der Waals surface area contributed by atoms with Gasteiger partial charge in [-0.3, -0.25) is 0 Å². The molecule has 0 atom stereocenters. The summed E-state index contributed by atoms with van der Waals surface area (Å²) in [5, 5.41) is 23.1. The topological polar surface area (TPSA) is 82.5 Å². The van der Waals surface area contributed by atoms with Gasteiger partial charge in [0.2, 0.25) is 0 Å². The molecule has 0 spiro atoms. The highest BCUT2D eigenvalue weighted by atomic mass is 16.4. The average molecular weight is 274 g/mol. The van der Waals surface area contributed by atoms with Crippen LogP contribution in [0.1, 0.15) is 24.2 Å². The summed E-state index contributed by atoms with van der Waals surface area (Å²) in [5.41, 5.74) is -0.0814. The van der Waals surface area contributed by atoms with E-state index in [0.717, 1.165) is 5.39 Å². The van der Waals surface area contributed by atoms with E-state index in [4.69, 9.17) is 0 Å². The number of carboxylic acid groups (broad SMARTS) is 1. The molecule has 2 aromatic rings. The number of nitrogens with zero attached hydrogens (tertiary/aromatic N) is 1. The van der Waals surface area contributed by atoms with Crippen LogP contribution in [0.2, 0.25) is 0 Å². The smallest absolute Gasteiger partial charge is 0.336 e. The van der Waals surface area contributed by atoms with E-state index in [1.807, 2.05) is 19.9 Å². The molecule has 0 aliphatic heterocycles. The Balaban J connectivity index is 2.45. The van der Waals surface area contributed by atoms with Gasteiger partial charge in [0.25, 0.3) is 0 Å². The molecule has 1 aromatic heterocycles. The molecule has 5 nitrogen and oxygen atoms in total. The molecule has 0 radical (unpaired) electrons. The van der Waals surface area contributed by atoms with E-state index in [-0.39, 0.29) is 17.6 Å². The molecule has 5 heteroatoms. The number of fused-ring (bicyclic) bond motifs is 1. The van der Waals surface area contributed by atoms with Crippen molar-refractivity contribution in [1.29, 1.82) is 0 Å². The van der Waals surface area contributed by atoms with Gasteiger partial charge in [0.1, 0.15) is 5.82 Å². The highest BCUT2D eigenvalue weighted by molar-refractivity contribution is 6.08. The molecule has 1 heterocycles. The van der Waals surface area contributed by atoms with Gasteiger partial charge in [0.05, 0.1) is 5.56 Å². The Labute approximate surface area is 117 Å². The molecule has 3 N–H and O–H groups in total. The summed E-state index contributed by atoms with van der Waals surface area (Å²) >= 11 is 0. The lowest BCUT2D eigenvalue weighted by Gasteiger charge is -2.22. The number of nitrogens with one attached hydrogen (secondary N) is 1. The molecule has 0 aliphatic rings. The molecule has 20 heavy (non-hydrogen) atoms. The number of hydrogen-bond donors (Lipinski definition) is 3. The number of rotatable bonds is 5. The maximum atomic E-state index is 11.3. The Kier molecular flexibility index (Phi) is 3.90. The van der Waals surface area contributed by atoms with Crippen molar-refractivity contribution in [3.8, 4) is 0 Å². The number of anilines is 1. The summed E-state index contributed by atoms with van der Waals surface area (Å²) < 4.78 is 0. The van der Waals surface area contributed by atoms with E-state index in [1.165, 1.54) is 0 Å². The highest BCUT2D eigenvalue weighted by Gasteiger charge is 2.18. The third-order valence-electron chi connectivity index (χ3n) is 3.18. The van der Waals surface area contributed by atoms with E-state index in [2.05, 4.69) is 10.3 Å². The number of benzene rings is 1. The Morgan fingerprint density at radius 2 is 2.10 bits per heavy atom. The van der Waals surface area contributed by atoms with Gasteiger partial charge in [-0.05, 0) is 17.5 Å². The second-order valence-electron chi connectivity index (χ2n) is 5.54. The summed E-state index contributed by atoms with van der Waals surface area (Å²) in [6.45, 7) is 4.38. The number of aromatic nitrogens is 1. The van der Waals surface area contributed by atoms with Crippen molar-refractivity contribution < 1.29 is 15.0 Å². The first-order valence-electron chi connectivity index (χ1n) is 6.40. The lowest BCUT2D eigenvalue weighted by Crippen LogP contribution is -2.27. The fraction of sp³-hybridized carbons (Fsp3) is 0.333. The summed E-state index contributed by atoms with van der Waals surface area (Å²) in [4.78, 5) is 15.6. The van der Waals surface area contributed by atoms with Crippen LogP contribution in [0, 0.1) is 5.41 Å².